The number of hydrogen-bond acceptors (Lipinski definition) is 8. The van der Waals surface area contributed by atoms with Gasteiger partial charge in [-0.05, 0) is 49.7 Å². The number of hydrogen-bond donors (Lipinski definition) is 0. The van der Waals surface area contributed by atoms with E-state index in [4.69, 9.17) is 14.2 Å². The van der Waals surface area contributed by atoms with Crippen LogP contribution in [0.3, 0.4) is 0 Å². The van der Waals surface area contributed by atoms with E-state index >= 15 is 0 Å². The molecule has 0 amide bonds. The van der Waals surface area contributed by atoms with Crippen molar-refractivity contribution in [3.05, 3.63) is 47.8 Å². The van der Waals surface area contributed by atoms with E-state index in [2.05, 4.69) is 19.4 Å². The fraction of sp³-hybridized carbons (Fsp3) is 0.292. The molecule has 184 valence electrons. The maximum absolute atomic E-state index is 12.7. The molecule has 5 rings (SSSR count). The smallest absolute Gasteiger partial charge is 0.466 e. The Labute approximate surface area is 202 Å². The highest BCUT2D eigenvalue weighted by Gasteiger charge is 2.32. The van der Waals surface area contributed by atoms with Gasteiger partial charge in [-0.3, -0.25) is 4.79 Å². The molecule has 9 nitrogen and oxygen atoms in total. The van der Waals surface area contributed by atoms with E-state index in [1.165, 1.54) is 6.07 Å². The van der Waals surface area contributed by atoms with E-state index in [1.54, 1.807) is 25.1 Å². The van der Waals surface area contributed by atoms with Crippen LogP contribution in [0.4, 0.5) is 13.2 Å². The van der Waals surface area contributed by atoms with Crippen molar-refractivity contribution in [2.45, 2.75) is 38.6 Å². The number of aromatic nitrogens is 4. The Morgan fingerprint density at radius 1 is 1.22 bits per heavy atom. The van der Waals surface area contributed by atoms with Crippen LogP contribution in [0.2, 0.25) is 0 Å². The third kappa shape index (κ3) is 4.59. The van der Waals surface area contributed by atoms with E-state index < -0.39 is 12.1 Å². The van der Waals surface area contributed by atoms with Crippen molar-refractivity contribution in [2.24, 2.45) is 0 Å². The summed E-state index contributed by atoms with van der Waals surface area (Å²) in [7, 11) is 0. The van der Waals surface area contributed by atoms with Crippen molar-refractivity contribution >= 4 is 17.0 Å². The molecule has 0 saturated carbocycles. The Kier molecular flexibility index (Phi) is 5.83. The van der Waals surface area contributed by atoms with E-state index in [-0.39, 0.29) is 41.2 Å². The lowest BCUT2D eigenvalue weighted by Crippen LogP contribution is -2.17. The predicted molar refractivity (Wildman–Crippen MR) is 118 cm³/mol. The summed E-state index contributed by atoms with van der Waals surface area (Å²) in [6.45, 7) is 2.83. The first-order valence-electron chi connectivity index (χ1n) is 11.0. The SMILES string of the molecule is CCOC(=O)CC1CCn2c1nc1cc(-c3noc(-c4cc(C#N)cc(OC(F)(F)F)c4)n3)ccc12. The molecule has 2 aromatic carbocycles. The highest BCUT2D eigenvalue weighted by Crippen LogP contribution is 2.36. The largest absolute Gasteiger partial charge is 0.573 e. The van der Waals surface area contributed by atoms with Gasteiger partial charge in [0.05, 0.1) is 35.7 Å². The minimum absolute atomic E-state index is 0.0304. The molecule has 0 radical (unpaired) electrons. The first-order valence-corrected chi connectivity index (χ1v) is 11.0. The number of aryl methyl sites for hydroxylation is 1. The average molecular weight is 497 g/mol. The molecule has 36 heavy (non-hydrogen) atoms. The number of esters is 1. The van der Waals surface area contributed by atoms with Crippen LogP contribution in [-0.2, 0) is 16.1 Å². The van der Waals surface area contributed by atoms with Crippen LogP contribution in [0.25, 0.3) is 33.9 Å². The van der Waals surface area contributed by atoms with Crippen LogP contribution < -0.4 is 4.74 Å². The lowest BCUT2D eigenvalue weighted by atomic mass is 10.0. The summed E-state index contributed by atoms with van der Waals surface area (Å²) in [6.07, 6.45) is -3.85. The molecule has 0 aliphatic carbocycles. The molecule has 0 spiro atoms. The second kappa shape index (κ2) is 8.99. The standard InChI is InChI=1S/C24H18F3N5O4/c1-2-34-20(33)11-15-5-6-32-19-4-3-14(10-18(19)29-22(15)32)21-30-23(36-31-21)16-7-13(12-28)8-17(9-16)35-24(25,26)27/h3-4,7-10,15H,2,5-6,11H2,1H3. The van der Waals surface area contributed by atoms with Gasteiger partial charge in [0.15, 0.2) is 0 Å². The van der Waals surface area contributed by atoms with Gasteiger partial charge in [-0.25, -0.2) is 4.98 Å². The van der Waals surface area contributed by atoms with Crippen LogP contribution >= 0.6 is 0 Å². The van der Waals surface area contributed by atoms with Crippen molar-refractivity contribution in [1.29, 1.82) is 5.26 Å². The Morgan fingerprint density at radius 3 is 2.81 bits per heavy atom. The number of carbonyl (C=O) groups excluding carboxylic acids is 1. The van der Waals surface area contributed by atoms with Gasteiger partial charge in [-0.1, -0.05) is 5.16 Å². The highest BCUT2D eigenvalue weighted by molar-refractivity contribution is 5.82. The quantitative estimate of drug-likeness (QED) is 0.343. The van der Waals surface area contributed by atoms with Gasteiger partial charge >= 0.3 is 12.3 Å². The van der Waals surface area contributed by atoms with E-state index in [0.29, 0.717) is 17.7 Å². The predicted octanol–water partition coefficient (Wildman–Crippen LogP) is 4.96. The van der Waals surface area contributed by atoms with E-state index in [9.17, 15) is 23.2 Å². The first kappa shape index (κ1) is 23.3. The third-order valence-corrected chi connectivity index (χ3v) is 5.76. The summed E-state index contributed by atoms with van der Waals surface area (Å²) in [4.78, 5) is 21.0. The highest BCUT2D eigenvalue weighted by atomic mass is 19.4. The van der Waals surface area contributed by atoms with Gasteiger partial charge < -0.3 is 18.6 Å². The van der Waals surface area contributed by atoms with Gasteiger partial charge in [0.1, 0.15) is 11.6 Å². The number of imidazole rings is 1. The second-order valence-corrected chi connectivity index (χ2v) is 8.15. The molecule has 0 bridgehead atoms. The van der Waals surface area contributed by atoms with Crippen molar-refractivity contribution in [3.8, 4) is 34.7 Å². The summed E-state index contributed by atoms with van der Waals surface area (Å²) in [5.74, 6) is 0.0847. The average Bonchev–Trinajstić information content (AvgIpc) is 3.54. The van der Waals surface area contributed by atoms with Crippen molar-refractivity contribution < 1.29 is 32.0 Å². The molecule has 1 atom stereocenters. The van der Waals surface area contributed by atoms with E-state index in [0.717, 1.165) is 36.4 Å². The molecule has 0 fully saturated rings. The number of ether oxygens (including phenoxy) is 2. The van der Waals surface area contributed by atoms with Crippen molar-refractivity contribution in [3.63, 3.8) is 0 Å². The van der Waals surface area contributed by atoms with Crippen LogP contribution in [0.15, 0.2) is 40.9 Å². The minimum Gasteiger partial charge on any atom is -0.466 e. The van der Waals surface area contributed by atoms with Gasteiger partial charge in [0, 0.05) is 23.6 Å². The monoisotopic (exact) mass is 497 g/mol. The Balaban J connectivity index is 1.44. The summed E-state index contributed by atoms with van der Waals surface area (Å²) in [5, 5.41) is 13.1. The molecule has 12 heteroatoms. The topological polar surface area (TPSA) is 116 Å². The maximum atomic E-state index is 12.7. The molecule has 0 saturated heterocycles. The Bertz CT molecular complexity index is 1500. The second-order valence-electron chi connectivity index (χ2n) is 8.15. The zero-order valence-corrected chi connectivity index (χ0v) is 18.9. The molecule has 0 N–H and O–H groups in total. The summed E-state index contributed by atoms with van der Waals surface area (Å²) in [5.41, 5.74) is 2.22. The van der Waals surface area contributed by atoms with E-state index in [1.807, 2.05) is 6.07 Å². The number of alkyl halides is 3. The van der Waals surface area contributed by atoms with Crippen molar-refractivity contribution in [1.82, 2.24) is 19.7 Å². The molecule has 4 aromatic rings. The van der Waals surface area contributed by atoms with Crippen LogP contribution in [0.5, 0.6) is 5.75 Å². The number of halogens is 3. The van der Waals surface area contributed by atoms with Crippen LogP contribution in [0, 0.1) is 11.3 Å². The molecular formula is C24H18F3N5O4. The Morgan fingerprint density at radius 2 is 2.06 bits per heavy atom. The molecular weight excluding hydrogens is 479 g/mol. The molecule has 1 aliphatic heterocycles. The number of nitrogens with zero attached hydrogens (tertiary/aromatic N) is 5. The molecule has 1 unspecified atom stereocenters. The lowest BCUT2D eigenvalue weighted by molar-refractivity contribution is -0.274. The maximum Gasteiger partial charge on any atom is 0.573 e. The third-order valence-electron chi connectivity index (χ3n) is 5.76. The summed E-state index contributed by atoms with van der Waals surface area (Å²) in [6, 6.07) is 10.6. The number of benzene rings is 2. The van der Waals surface area contributed by atoms with Gasteiger partial charge in [-0.15, -0.1) is 13.2 Å². The number of fused-ring (bicyclic) bond motifs is 3. The van der Waals surface area contributed by atoms with Crippen LogP contribution in [0.1, 0.15) is 37.1 Å². The molecule has 3 heterocycles. The zero-order valence-electron chi connectivity index (χ0n) is 18.9. The summed E-state index contributed by atoms with van der Waals surface area (Å²) < 4.78 is 54.3. The fourth-order valence-electron chi connectivity index (χ4n) is 4.30. The number of carbonyl (C=O) groups is 1. The lowest BCUT2D eigenvalue weighted by Gasteiger charge is -2.09. The number of nitriles is 1. The van der Waals surface area contributed by atoms with Gasteiger partial charge in [-0.2, -0.15) is 10.2 Å². The molecule has 1 aliphatic rings. The minimum atomic E-state index is -4.92. The number of rotatable bonds is 6. The first-order chi connectivity index (χ1) is 17.2. The normalized spacial score (nSPS) is 15.0. The van der Waals surface area contributed by atoms with Gasteiger partial charge in [0.2, 0.25) is 5.82 Å². The fourth-order valence-corrected chi connectivity index (χ4v) is 4.30. The van der Waals surface area contributed by atoms with Crippen molar-refractivity contribution in [2.75, 3.05) is 6.61 Å². The molecule has 2 aromatic heterocycles. The van der Waals surface area contributed by atoms with Gasteiger partial charge in [0.25, 0.3) is 5.89 Å². The Hall–Kier alpha value is -4.40. The summed E-state index contributed by atoms with van der Waals surface area (Å²) >= 11 is 0. The van der Waals surface area contributed by atoms with Crippen LogP contribution in [-0.4, -0.2) is 38.6 Å². The zero-order chi connectivity index (χ0) is 25.4.